The number of hydrogen-bond acceptors (Lipinski definition) is 7. The van der Waals surface area contributed by atoms with E-state index in [-0.39, 0.29) is 55.5 Å². The third-order valence-electron chi connectivity index (χ3n) is 2.01. The molecule has 0 bridgehead atoms. The fourth-order valence-corrected chi connectivity index (χ4v) is 1.18. The number of ketones is 6. The number of carbonyl (C=O) groups excluding carboxylic acids is 7. The maximum atomic E-state index is 10.4. The van der Waals surface area contributed by atoms with E-state index in [1.807, 2.05) is 0 Å². The van der Waals surface area contributed by atoms with Gasteiger partial charge in [-0.1, -0.05) is 0 Å². The fourth-order valence-electron chi connectivity index (χ4n) is 1.18. The largest absolute Gasteiger partial charge is 0.302 e. The molecule has 0 saturated carbocycles. The Labute approximate surface area is 154 Å². The fraction of sp³-hybridized carbons (Fsp3) is 0.562. The van der Waals surface area contributed by atoms with Gasteiger partial charge in [0.1, 0.15) is 46.9 Å². The minimum atomic E-state index is -1.04. The van der Waals surface area contributed by atoms with Crippen molar-refractivity contribution in [2.45, 2.75) is 54.4 Å². The molecule has 0 aromatic carbocycles. The van der Waals surface area contributed by atoms with Crippen LogP contribution in [-0.2, 0) is 53.0 Å². The molecule has 0 aromatic heterocycles. The summed E-state index contributed by atoms with van der Waals surface area (Å²) in [6, 6.07) is 0. The third kappa shape index (κ3) is 28.5. The van der Waals surface area contributed by atoms with Gasteiger partial charge in [0.25, 0.3) is 0 Å². The molecule has 138 valence electrons. The maximum Gasteiger partial charge on any atom is 0.147 e. The van der Waals surface area contributed by atoms with Crippen molar-refractivity contribution in [1.82, 2.24) is 0 Å². The molecule has 0 aliphatic heterocycles. The zero-order chi connectivity index (χ0) is 19.2. The van der Waals surface area contributed by atoms with E-state index in [9.17, 15) is 33.6 Å². The summed E-state index contributed by atoms with van der Waals surface area (Å²) in [6.07, 6.45) is 0.532. The summed E-state index contributed by atoms with van der Waals surface area (Å²) < 4.78 is 0. The van der Waals surface area contributed by atoms with Gasteiger partial charge in [-0.25, -0.2) is 0 Å². The van der Waals surface area contributed by atoms with Crippen molar-refractivity contribution >= 4 is 41.0 Å². The topological polar surface area (TPSA) is 119 Å². The molecule has 24 heavy (non-hydrogen) atoms. The Balaban J connectivity index is -0.000000124. The molecule has 8 heteroatoms. The molecule has 0 heterocycles. The van der Waals surface area contributed by atoms with Gasteiger partial charge in [0.15, 0.2) is 0 Å². The second-order valence-electron chi connectivity index (χ2n) is 5.00. The molecule has 0 aromatic rings. The molecular weight excluding hydrogens is 405 g/mol. The van der Waals surface area contributed by atoms with Crippen LogP contribution in [0.3, 0.4) is 0 Å². The summed E-state index contributed by atoms with van der Waals surface area (Å²) in [5.74, 6) is -2.07. The first-order chi connectivity index (χ1) is 10.3. The second kappa shape index (κ2) is 17.7. The van der Waals surface area contributed by atoms with Gasteiger partial charge in [-0.15, -0.1) is 0 Å². The summed E-state index contributed by atoms with van der Waals surface area (Å²) in [5, 5.41) is 0. The molecule has 0 unspecified atom stereocenters. The molecule has 0 rings (SSSR count). The van der Waals surface area contributed by atoms with E-state index >= 15 is 0 Å². The first-order valence-corrected chi connectivity index (χ1v) is 6.79. The summed E-state index contributed by atoms with van der Waals surface area (Å²) in [7, 11) is 0. The Bertz CT molecular complexity index is 417. The summed E-state index contributed by atoms with van der Waals surface area (Å²) in [5.41, 5.74) is 0. The number of hydrogen-bond donors (Lipinski definition) is 0. The first kappa shape index (κ1) is 30.2. The van der Waals surface area contributed by atoms with Crippen LogP contribution >= 0.6 is 0 Å². The van der Waals surface area contributed by atoms with Gasteiger partial charge in [-0.3, -0.25) is 28.8 Å². The summed E-state index contributed by atoms with van der Waals surface area (Å²) in [6.45, 7) is 8.06. The van der Waals surface area contributed by atoms with Crippen LogP contribution in [0.1, 0.15) is 54.4 Å². The van der Waals surface area contributed by atoms with E-state index in [0.29, 0.717) is 6.29 Å². The molecule has 0 atom stereocenters. The summed E-state index contributed by atoms with van der Waals surface area (Å²) >= 11 is 0. The number of rotatable bonds is 7. The Morgan fingerprint density at radius 3 is 0.833 bits per heavy atom. The molecular formula is C16H24O7Ru. The number of carbonyl (C=O) groups is 7. The molecule has 0 saturated heterocycles. The van der Waals surface area contributed by atoms with Crippen LogP contribution in [0.25, 0.3) is 0 Å². The van der Waals surface area contributed by atoms with Gasteiger partial charge in [-0.2, -0.15) is 0 Å². The van der Waals surface area contributed by atoms with Crippen LogP contribution < -0.4 is 0 Å². The Kier molecular flexibility index (Phi) is 22.2. The van der Waals surface area contributed by atoms with E-state index in [1.54, 1.807) is 0 Å². The SMILES string of the molecule is CC(=O)C(C=O)C(C)=O.CC(=O)CC(C)=O.CC(=O)CC(C)=O.[Ru]. The van der Waals surface area contributed by atoms with Crippen molar-refractivity contribution in [2.75, 3.05) is 0 Å². The van der Waals surface area contributed by atoms with Crippen molar-refractivity contribution in [3.63, 3.8) is 0 Å². The van der Waals surface area contributed by atoms with Gasteiger partial charge in [0.05, 0.1) is 12.8 Å². The smallest absolute Gasteiger partial charge is 0.147 e. The van der Waals surface area contributed by atoms with E-state index in [1.165, 1.54) is 41.5 Å². The number of aldehydes is 1. The van der Waals surface area contributed by atoms with Crippen LogP contribution in [-0.4, -0.2) is 41.0 Å². The number of Topliss-reactive ketones (excluding diaryl/α,β-unsaturated/α-hetero) is 6. The standard InChI is InChI=1S/C6H8O3.2C5H8O2.Ru/c1-4(8)6(3-7)5(2)9;2*1-4(6)3-5(2)7;/h3,6H,1-2H3;2*3H2,1-2H3;. The average Bonchev–Trinajstić information content (AvgIpc) is 2.25. The molecule has 0 amide bonds. The van der Waals surface area contributed by atoms with E-state index in [4.69, 9.17) is 0 Å². The first-order valence-electron chi connectivity index (χ1n) is 6.79. The Morgan fingerprint density at radius 1 is 0.625 bits per heavy atom. The second-order valence-corrected chi connectivity index (χ2v) is 5.00. The Hall–Kier alpha value is -1.69. The van der Waals surface area contributed by atoms with Crippen molar-refractivity contribution in [2.24, 2.45) is 5.92 Å². The third-order valence-corrected chi connectivity index (χ3v) is 2.01. The zero-order valence-corrected chi connectivity index (χ0v) is 16.5. The van der Waals surface area contributed by atoms with Crippen molar-refractivity contribution < 1.29 is 53.0 Å². The monoisotopic (exact) mass is 430 g/mol. The minimum absolute atomic E-state index is 0. The average molecular weight is 429 g/mol. The zero-order valence-electron chi connectivity index (χ0n) is 14.8. The maximum absolute atomic E-state index is 10.4. The molecule has 0 spiro atoms. The quantitative estimate of drug-likeness (QED) is 0.337. The van der Waals surface area contributed by atoms with Crippen LogP contribution in [0.4, 0.5) is 0 Å². The molecule has 0 aliphatic rings. The van der Waals surface area contributed by atoms with Crippen LogP contribution in [0.2, 0.25) is 0 Å². The molecule has 0 N–H and O–H groups in total. The predicted molar refractivity (Wildman–Crippen MR) is 82.9 cm³/mol. The van der Waals surface area contributed by atoms with Gasteiger partial charge in [-0.05, 0) is 41.5 Å². The van der Waals surface area contributed by atoms with Crippen molar-refractivity contribution in [3.8, 4) is 0 Å². The van der Waals surface area contributed by atoms with Crippen LogP contribution in [0.15, 0.2) is 0 Å². The normalized spacial score (nSPS) is 8.29. The van der Waals surface area contributed by atoms with E-state index in [0.717, 1.165) is 0 Å². The van der Waals surface area contributed by atoms with Crippen LogP contribution in [0, 0.1) is 5.92 Å². The van der Waals surface area contributed by atoms with Gasteiger partial charge < -0.3 is 4.79 Å². The molecule has 0 aliphatic carbocycles. The predicted octanol–water partition coefficient (Wildman–Crippen LogP) is 1.09. The van der Waals surface area contributed by atoms with Crippen molar-refractivity contribution in [1.29, 1.82) is 0 Å². The van der Waals surface area contributed by atoms with Crippen LogP contribution in [0.5, 0.6) is 0 Å². The summed E-state index contributed by atoms with van der Waals surface area (Å²) in [4.78, 5) is 70.8. The minimum Gasteiger partial charge on any atom is -0.302 e. The molecule has 7 nitrogen and oxygen atoms in total. The van der Waals surface area contributed by atoms with E-state index < -0.39 is 17.5 Å². The van der Waals surface area contributed by atoms with Gasteiger partial charge in [0.2, 0.25) is 0 Å². The van der Waals surface area contributed by atoms with Gasteiger partial charge >= 0.3 is 0 Å². The van der Waals surface area contributed by atoms with Gasteiger partial charge in [0, 0.05) is 19.5 Å². The molecule has 0 fully saturated rings. The van der Waals surface area contributed by atoms with E-state index in [2.05, 4.69) is 0 Å². The molecule has 0 radical (unpaired) electrons. The van der Waals surface area contributed by atoms with Crippen molar-refractivity contribution in [3.05, 3.63) is 0 Å². The Morgan fingerprint density at radius 2 is 0.833 bits per heavy atom.